The lowest BCUT2D eigenvalue weighted by atomic mass is 10.2. The van der Waals surface area contributed by atoms with E-state index in [-0.39, 0.29) is 5.97 Å². The zero-order valence-electron chi connectivity index (χ0n) is 7.92. The quantitative estimate of drug-likeness (QED) is 0.528. The standard InChI is InChI=1S/C10H12INO2/c1-2-10(13)14-7-8-3-5-9(12-11)6-4-8/h3-6,12H,2,7H2,1H3. The number of anilines is 1. The van der Waals surface area contributed by atoms with Gasteiger partial charge in [-0.05, 0) is 17.7 Å². The molecule has 0 fully saturated rings. The molecule has 0 radical (unpaired) electrons. The number of carbonyl (C=O) groups is 1. The number of carbonyl (C=O) groups excluding carboxylic acids is 1. The molecule has 3 nitrogen and oxygen atoms in total. The highest BCUT2D eigenvalue weighted by Crippen LogP contribution is 2.11. The van der Waals surface area contributed by atoms with E-state index in [1.165, 1.54) is 0 Å². The van der Waals surface area contributed by atoms with Gasteiger partial charge in [-0.15, -0.1) is 0 Å². The highest BCUT2D eigenvalue weighted by Gasteiger charge is 1.99. The molecule has 4 heteroatoms. The van der Waals surface area contributed by atoms with Crippen molar-refractivity contribution in [3.8, 4) is 0 Å². The lowest BCUT2D eigenvalue weighted by Gasteiger charge is -2.04. The van der Waals surface area contributed by atoms with E-state index >= 15 is 0 Å². The SMILES string of the molecule is CCC(=O)OCc1ccc(NI)cc1. The topological polar surface area (TPSA) is 38.3 Å². The lowest BCUT2D eigenvalue weighted by molar-refractivity contribution is -0.144. The van der Waals surface area contributed by atoms with Crippen molar-refractivity contribution >= 4 is 34.5 Å². The number of hydrogen-bond donors (Lipinski definition) is 1. The van der Waals surface area contributed by atoms with Crippen LogP contribution in [-0.4, -0.2) is 5.97 Å². The normalized spacial score (nSPS) is 9.57. The minimum Gasteiger partial charge on any atom is -0.461 e. The summed E-state index contributed by atoms with van der Waals surface area (Å²) >= 11 is 2.07. The molecule has 76 valence electrons. The number of nitrogens with one attached hydrogen (secondary N) is 1. The van der Waals surface area contributed by atoms with E-state index in [0.717, 1.165) is 11.3 Å². The Labute approximate surface area is 97.3 Å². The van der Waals surface area contributed by atoms with Crippen molar-refractivity contribution in [3.63, 3.8) is 0 Å². The van der Waals surface area contributed by atoms with Gasteiger partial charge >= 0.3 is 5.97 Å². The van der Waals surface area contributed by atoms with Crippen molar-refractivity contribution in [3.05, 3.63) is 29.8 Å². The fourth-order valence-corrected chi connectivity index (χ4v) is 1.29. The molecule has 0 saturated heterocycles. The maximum Gasteiger partial charge on any atom is 0.305 e. The Balaban J connectivity index is 2.47. The third-order valence-electron chi connectivity index (χ3n) is 1.75. The molecule has 0 aliphatic heterocycles. The van der Waals surface area contributed by atoms with Crippen LogP contribution in [0, 0.1) is 0 Å². The molecular formula is C10H12INO2. The van der Waals surface area contributed by atoms with Crippen LogP contribution >= 0.6 is 22.9 Å². The first kappa shape index (κ1) is 11.3. The van der Waals surface area contributed by atoms with Gasteiger partial charge in [0.05, 0.1) is 22.9 Å². The predicted molar refractivity (Wildman–Crippen MR) is 64.2 cm³/mol. The molecule has 0 aliphatic rings. The minimum atomic E-state index is -0.166. The van der Waals surface area contributed by atoms with Crippen LogP contribution in [0.4, 0.5) is 5.69 Å². The molecule has 0 heterocycles. The number of esters is 1. The van der Waals surface area contributed by atoms with E-state index in [9.17, 15) is 4.79 Å². The van der Waals surface area contributed by atoms with Gasteiger partial charge in [0.25, 0.3) is 0 Å². The Morgan fingerprint density at radius 2 is 2.07 bits per heavy atom. The van der Waals surface area contributed by atoms with E-state index in [1.807, 2.05) is 24.3 Å². The summed E-state index contributed by atoms with van der Waals surface area (Å²) in [6.45, 7) is 2.14. The van der Waals surface area contributed by atoms with Crippen molar-refractivity contribution in [2.45, 2.75) is 20.0 Å². The zero-order chi connectivity index (χ0) is 10.4. The fraction of sp³-hybridized carbons (Fsp3) is 0.300. The van der Waals surface area contributed by atoms with Gasteiger partial charge in [-0.1, -0.05) is 19.1 Å². The molecule has 0 unspecified atom stereocenters. The Hall–Kier alpha value is -0.780. The predicted octanol–water partition coefficient (Wildman–Crippen LogP) is 2.90. The number of rotatable bonds is 4. The van der Waals surface area contributed by atoms with E-state index in [0.29, 0.717) is 13.0 Å². The number of ether oxygens (including phenoxy) is 1. The van der Waals surface area contributed by atoms with Crippen LogP contribution in [0.3, 0.4) is 0 Å². The Morgan fingerprint density at radius 1 is 1.43 bits per heavy atom. The smallest absolute Gasteiger partial charge is 0.305 e. The molecule has 1 aromatic carbocycles. The first-order valence-corrected chi connectivity index (χ1v) is 5.45. The van der Waals surface area contributed by atoms with Crippen molar-refractivity contribution in [1.82, 2.24) is 0 Å². The van der Waals surface area contributed by atoms with Gasteiger partial charge in [0.2, 0.25) is 0 Å². The highest BCUT2D eigenvalue weighted by molar-refractivity contribution is 14.1. The zero-order valence-corrected chi connectivity index (χ0v) is 10.1. The van der Waals surface area contributed by atoms with Crippen LogP contribution in [-0.2, 0) is 16.1 Å². The molecule has 0 aromatic heterocycles. The number of halogens is 1. The first-order valence-electron chi connectivity index (χ1n) is 4.37. The molecule has 0 atom stereocenters. The molecule has 1 N–H and O–H groups in total. The van der Waals surface area contributed by atoms with Crippen LogP contribution in [0.25, 0.3) is 0 Å². The largest absolute Gasteiger partial charge is 0.461 e. The lowest BCUT2D eigenvalue weighted by Crippen LogP contribution is -2.02. The Morgan fingerprint density at radius 3 is 2.57 bits per heavy atom. The molecule has 1 rings (SSSR count). The van der Waals surface area contributed by atoms with Crippen LogP contribution in [0.1, 0.15) is 18.9 Å². The van der Waals surface area contributed by atoms with Gasteiger partial charge in [0.15, 0.2) is 0 Å². The summed E-state index contributed by atoms with van der Waals surface area (Å²) in [6, 6.07) is 7.76. The maximum atomic E-state index is 10.9. The van der Waals surface area contributed by atoms with E-state index in [2.05, 4.69) is 26.4 Å². The molecule has 14 heavy (non-hydrogen) atoms. The average Bonchev–Trinajstić information content (AvgIpc) is 2.26. The van der Waals surface area contributed by atoms with Crippen molar-refractivity contribution in [2.24, 2.45) is 0 Å². The van der Waals surface area contributed by atoms with Crippen LogP contribution in [0.2, 0.25) is 0 Å². The van der Waals surface area contributed by atoms with Crippen LogP contribution < -0.4 is 3.53 Å². The summed E-state index contributed by atoms with van der Waals surface area (Å²) in [6.07, 6.45) is 0.424. The summed E-state index contributed by atoms with van der Waals surface area (Å²) in [5.41, 5.74) is 2.04. The molecule has 0 bridgehead atoms. The summed E-state index contributed by atoms with van der Waals surface area (Å²) in [5, 5.41) is 0. The van der Waals surface area contributed by atoms with Crippen LogP contribution in [0.15, 0.2) is 24.3 Å². The van der Waals surface area contributed by atoms with Crippen molar-refractivity contribution < 1.29 is 9.53 Å². The van der Waals surface area contributed by atoms with E-state index < -0.39 is 0 Å². The second-order valence-corrected chi connectivity index (χ2v) is 3.35. The molecule has 1 aromatic rings. The molecular weight excluding hydrogens is 293 g/mol. The maximum absolute atomic E-state index is 10.9. The van der Waals surface area contributed by atoms with Gasteiger partial charge in [-0.2, -0.15) is 0 Å². The van der Waals surface area contributed by atoms with E-state index in [4.69, 9.17) is 4.74 Å². The number of benzene rings is 1. The second kappa shape index (κ2) is 5.85. The van der Waals surface area contributed by atoms with Gasteiger partial charge in [-0.25, -0.2) is 0 Å². The average molecular weight is 305 g/mol. The van der Waals surface area contributed by atoms with Crippen molar-refractivity contribution in [2.75, 3.05) is 3.53 Å². The monoisotopic (exact) mass is 305 g/mol. The molecule has 0 saturated carbocycles. The summed E-state index contributed by atoms with van der Waals surface area (Å²) in [4.78, 5) is 10.9. The van der Waals surface area contributed by atoms with Crippen molar-refractivity contribution in [1.29, 1.82) is 0 Å². The first-order chi connectivity index (χ1) is 6.76. The third kappa shape index (κ3) is 3.53. The van der Waals surface area contributed by atoms with Crippen LogP contribution in [0.5, 0.6) is 0 Å². The van der Waals surface area contributed by atoms with Gasteiger partial charge in [-0.3, -0.25) is 4.79 Å². The van der Waals surface area contributed by atoms with Gasteiger partial charge in [0.1, 0.15) is 6.61 Å². The van der Waals surface area contributed by atoms with Gasteiger partial charge in [0, 0.05) is 12.1 Å². The second-order valence-electron chi connectivity index (χ2n) is 2.81. The third-order valence-corrected chi connectivity index (χ3v) is 2.37. The summed E-state index contributed by atoms with van der Waals surface area (Å²) in [7, 11) is 0. The minimum absolute atomic E-state index is 0.166. The summed E-state index contributed by atoms with van der Waals surface area (Å²) < 4.78 is 7.98. The number of hydrogen-bond acceptors (Lipinski definition) is 3. The molecule has 0 amide bonds. The summed E-state index contributed by atoms with van der Waals surface area (Å²) in [5.74, 6) is -0.166. The Bertz CT molecular complexity index is 297. The molecule has 0 spiro atoms. The van der Waals surface area contributed by atoms with E-state index in [1.54, 1.807) is 6.92 Å². The van der Waals surface area contributed by atoms with Gasteiger partial charge < -0.3 is 8.27 Å². The Kier molecular flexibility index (Phi) is 4.72. The molecule has 0 aliphatic carbocycles. The highest BCUT2D eigenvalue weighted by atomic mass is 127. The fourth-order valence-electron chi connectivity index (χ4n) is 0.930.